The third-order valence-electron chi connectivity index (χ3n) is 3.83. The molecule has 0 atom stereocenters. The second kappa shape index (κ2) is 5.60. The number of rotatable bonds is 4. The van der Waals surface area contributed by atoms with E-state index in [-0.39, 0.29) is 0 Å². The molecule has 0 aliphatic carbocycles. The highest BCUT2D eigenvalue weighted by atomic mass is 16.5. The zero-order valence-electron chi connectivity index (χ0n) is 12.8. The predicted molar refractivity (Wildman–Crippen MR) is 85.9 cm³/mol. The summed E-state index contributed by atoms with van der Waals surface area (Å²) in [5, 5.41) is 0. The molecule has 108 valence electrons. The Morgan fingerprint density at radius 1 is 1.10 bits per heavy atom. The summed E-state index contributed by atoms with van der Waals surface area (Å²) >= 11 is 0. The van der Waals surface area contributed by atoms with Crippen LogP contribution in [0.5, 0.6) is 5.75 Å². The summed E-state index contributed by atoms with van der Waals surface area (Å²) in [5.41, 5.74) is 5.84. The van der Waals surface area contributed by atoms with Crippen LogP contribution in [0.2, 0.25) is 0 Å². The Labute approximate surface area is 125 Å². The Kier molecular flexibility index (Phi) is 3.65. The van der Waals surface area contributed by atoms with Crippen molar-refractivity contribution in [2.24, 2.45) is 0 Å². The van der Waals surface area contributed by atoms with Crippen molar-refractivity contribution in [2.45, 2.75) is 26.8 Å². The van der Waals surface area contributed by atoms with E-state index in [4.69, 9.17) is 4.74 Å². The molecule has 0 radical (unpaired) electrons. The lowest BCUT2D eigenvalue weighted by Crippen LogP contribution is -2.00. The van der Waals surface area contributed by atoms with E-state index in [2.05, 4.69) is 59.8 Å². The number of aryl methyl sites for hydroxylation is 2. The fourth-order valence-corrected chi connectivity index (χ4v) is 2.66. The van der Waals surface area contributed by atoms with Crippen molar-refractivity contribution in [2.75, 3.05) is 7.11 Å². The van der Waals surface area contributed by atoms with Gasteiger partial charge in [-0.1, -0.05) is 31.2 Å². The number of ether oxygens (including phenoxy) is 1. The van der Waals surface area contributed by atoms with E-state index >= 15 is 0 Å². The van der Waals surface area contributed by atoms with Crippen molar-refractivity contribution in [1.29, 1.82) is 0 Å². The van der Waals surface area contributed by atoms with Crippen LogP contribution >= 0.6 is 0 Å². The van der Waals surface area contributed by atoms with Crippen LogP contribution < -0.4 is 4.74 Å². The molecule has 0 aliphatic heterocycles. The van der Waals surface area contributed by atoms with E-state index in [1.165, 1.54) is 11.1 Å². The summed E-state index contributed by atoms with van der Waals surface area (Å²) in [4.78, 5) is 4.50. The van der Waals surface area contributed by atoms with Crippen LogP contribution in [-0.4, -0.2) is 16.7 Å². The number of benzene rings is 2. The molecule has 3 aromatic rings. The maximum Gasteiger partial charge on any atom is 0.145 e. The van der Waals surface area contributed by atoms with Crippen LogP contribution in [0, 0.1) is 6.92 Å². The molecule has 3 heteroatoms. The maximum atomic E-state index is 5.52. The highest BCUT2D eigenvalue weighted by Gasteiger charge is 2.10. The van der Waals surface area contributed by atoms with Crippen molar-refractivity contribution < 1.29 is 4.74 Å². The van der Waals surface area contributed by atoms with Gasteiger partial charge < -0.3 is 9.30 Å². The van der Waals surface area contributed by atoms with Gasteiger partial charge in [-0.25, -0.2) is 4.98 Å². The Morgan fingerprint density at radius 3 is 2.48 bits per heavy atom. The first-order chi connectivity index (χ1) is 10.2. The van der Waals surface area contributed by atoms with Gasteiger partial charge in [-0.15, -0.1) is 0 Å². The molecule has 2 aromatic carbocycles. The topological polar surface area (TPSA) is 27.1 Å². The van der Waals surface area contributed by atoms with E-state index in [0.717, 1.165) is 35.3 Å². The SMILES string of the molecule is CCc1ccc(Cn2cnc3cc(C)cc(OC)c32)cc1. The minimum atomic E-state index is 0.805. The van der Waals surface area contributed by atoms with E-state index < -0.39 is 0 Å². The zero-order valence-corrected chi connectivity index (χ0v) is 12.8. The van der Waals surface area contributed by atoms with Crippen LogP contribution in [0.15, 0.2) is 42.7 Å². The minimum absolute atomic E-state index is 0.805. The number of hydrogen-bond donors (Lipinski definition) is 0. The molecule has 0 saturated heterocycles. The van der Waals surface area contributed by atoms with Crippen LogP contribution in [-0.2, 0) is 13.0 Å². The van der Waals surface area contributed by atoms with E-state index in [1.54, 1.807) is 7.11 Å². The second-order valence-electron chi connectivity index (χ2n) is 5.38. The quantitative estimate of drug-likeness (QED) is 0.723. The fraction of sp³-hybridized carbons (Fsp3) is 0.278. The Balaban J connectivity index is 2.00. The van der Waals surface area contributed by atoms with Crippen LogP contribution in [0.25, 0.3) is 11.0 Å². The summed E-state index contributed by atoms with van der Waals surface area (Å²) in [6.07, 6.45) is 2.96. The van der Waals surface area contributed by atoms with E-state index in [1.807, 2.05) is 6.33 Å². The van der Waals surface area contributed by atoms with Gasteiger partial charge in [-0.05, 0) is 42.2 Å². The van der Waals surface area contributed by atoms with Gasteiger partial charge in [0.1, 0.15) is 11.3 Å². The van der Waals surface area contributed by atoms with E-state index in [9.17, 15) is 0 Å². The van der Waals surface area contributed by atoms with Crippen LogP contribution in [0.3, 0.4) is 0 Å². The highest BCUT2D eigenvalue weighted by Crippen LogP contribution is 2.27. The van der Waals surface area contributed by atoms with E-state index in [0.29, 0.717) is 0 Å². The van der Waals surface area contributed by atoms with Gasteiger partial charge in [-0.3, -0.25) is 0 Å². The minimum Gasteiger partial charge on any atom is -0.494 e. The number of hydrogen-bond acceptors (Lipinski definition) is 2. The summed E-state index contributed by atoms with van der Waals surface area (Å²) < 4.78 is 7.67. The zero-order chi connectivity index (χ0) is 14.8. The van der Waals surface area contributed by atoms with Crippen LogP contribution in [0.1, 0.15) is 23.6 Å². The Hall–Kier alpha value is -2.29. The molecule has 3 rings (SSSR count). The molecule has 0 aliphatic rings. The molecule has 1 aromatic heterocycles. The number of imidazole rings is 1. The molecule has 0 bridgehead atoms. The first-order valence-corrected chi connectivity index (χ1v) is 7.28. The van der Waals surface area contributed by atoms with Crippen molar-refractivity contribution in [1.82, 2.24) is 9.55 Å². The molecule has 0 spiro atoms. The smallest absolute Gasteiger partial charge is 0.145 e. The molecular formula is C18H20N2O. The lowest BCUT2D eigenvalue weighted by Gasteiger charge is -2.09. The predicted octanol–water partition coefficient (Wildman–Crippen LogP) is 3.96. The number of methoxy groups -OCH3 is 1. The van der Waals surface area contributed by atoms with Gasteiger partial charge >= 0.3 is 0 Å². The molecule has 0 unspecified atom stereocenters. The molecule has 0 N–H and O–H groups in total. The second-order valence-corrected chi connectivity index (χ2v) is 5.38. The van der Waals surface area contributed by atoms with Crippen molar-refractivity contribution in [3.05, 3.63) is 59.4 Å². The molecule has 0 amide bonds. The van der Waals surface area contributed by atoms with Crippen molar-refractivity contribution in [3.63, 3.8) is 0 Å². The summed E-state index contributed by atoms with van der Waals surface area (Å²) in [5.74, 6) is 0.882. The van der Waals surface area contributed by atoms with Crippen molar-refractivity contribution in [3.8, 4) is 5.75 Å². The van der Waals surface area contributed by atoms with Crippen molar-refractivity contribution >= 4 is 11.0 Å². The molecular weight excluding hydrogens is 260 g/mol. The van der Waals surface area contributed by atoms with Gasteiger partial charge in [0.05, 0.1) is 19.0 Å². The first kappa shape index (κ1) is 13.7. The summed E-state index contributed by atoms with van der Waals surface area (Å²) in [6.45, 7) is 5.04. The first-order valence-electron chi connectivity index (χ1n) is 7.28. The Bertz CT molecular complexity index is 757. The fourth-order valence-electron chi connectivity index (χ4n) is 2.66. The highest BCUT2D eigenvalue weighted by molar-refractivity contribution is 5.83. The largest absolute Gasteiger partial charge is 0.494 e. The van der Waals surface area contributed by atoms with Gasteiger partial charge in [0.25, 0.3) is 0 Å². The molecule has 0 fully saturated rings. The standard InChI is InChI=1S/C18H20N2O/c1-4-14-5-7-15(8-6-14)11-20-12-19-16-9-13(2)10-17(21-3)18(16)20/h5-10,12H,4,11H2,1-3H3. The molecule has 0 saturated carbocycles. The maximum absolute atomic E-state index is 5.52. The normalized spacial score (nSPS) is 11.0. The molecule has 3 nitrogen and oxygen atoms in total. The van der Waals surface area contributed by atoms with Crippen LogP contribution in [0.4, 0.5) is 0 Å². The third kappa shape index (κ3) is 2.64. The number of fused-ring (bicyclic) bond motifs is 1. The van der Waals surface area contributed by atoms with Gasteiger partial charge in [0.15, 0.2) is 0 Å². The summed E-state index contributed by atoms with van der Waals surface area (Å²) in [6, 6.07) is 12.9. The molecule has 21 heavy (non-hydrogen) atoms. The Morgan fingerprint density at radius 2 is 1.81 bits per heavy atom. The number of nitrogens with zero attached hydrogens (tertiary/aromatic N) is 2. The lowest BCUT2D eigenvalue weighted by atomic mass is 10.1. The number of aromatic nitrogens is 2. The van der Waals surface area contributed by atoms with Gasteiger partial charge in [0, 0.05) is 6.54 Å². The van der Waals surface area contributed by atoms with Gasteiger partial charge in [0.2, 0.25) is 0 Å². The van der Waals surface area contributed by atoms with Gasteiger partial charge in [-0.2, -0.15) is 0 Å². The third-order valence-corrected chi connectivity index (χ3v) is 3.83. The average Bonchev–Trinajstić information content (AvgIpc) is 2.90. The average molecular weight is 280 g/mol. The lowest BCUT2D eigenvalue weighted by molar-refractivity contribution is 0.417. The summed E-state index contributed by atoms with van der Waals surface area (Å²) in [7, 11) is 1.71. The monoisotopic (exact) mass is 280 g/mol. The molecule has 1 heterocycles.